The largest absolute Gasteiger partial charge is 0.507 e. The number of hydrogen-bond donors (Lipinski definition) is 3. The fraction of sp³-hybridized carbons (Fsp3) is 0.619. The molecule has 0 heterocycles. The monoisotopic (exact) mass is 373 g/mol. The number of fused-ring (bicyclic) bond motifs is 3. The Labute approximate surface area is 159 Å². The van der Waals surface area contributed by atoms with Crippen molar-refractivity contribution in [1.29, 1.82) is 0 Å². The normalized spacial score (nSPS) is 30.6. The predicted molar refractivity (Wildman–Crippen MR) is 100 cm³/mol. The van der Waals surface area contributed by atoms with Crippen LogP contribution in [0.3, 0.4) is 0 Å². The summed E-state index contributed by atoms with van der Waals surface area (Å²) in [6, 6.07) is 3.34. The van der Waals surface area contributed by atoms with E-state index in [2.05, 4.69) is 14.1 Å². The van der Waals surface area contributed by atoms with E-state index in [-0.39, 0.29) is 29.6 Å². The number of carbonyl (C=O) groups is 2. The summed E-state index contributed by atoms with van der Waals surface area (Å²) in [6.45, 7) is 1.01. The van der Waals surface area contributed by atoms with Gasteiger partial charge >= 0.3 is 0 Å². The molecule has 4 rings (SSSR count). The van der Waals surface area contributed by atoms with Crippen molar-refractivity contribution in [2.75, 3.05) is 20.6 Å². The highest BCUT2D eigenvalue weighted by atomic mass is 16.3. The van der Waals surface area contributed by atoms with Crippen molar-refractivity contribution in [3.05, 3.63) is 28.8 Å². The Morgan fingerprint density at radius 1 is 1.30 bits per heavy atom. The number of ketones is 1. The van der Waals surface area contributed by atoms with E-state index in [4.69, 9.17) is 5.73 Å². The van der Waals surface area contributed by atoms with E-state index in [1.807, 2.05) is 6.07 Å². The highest BCUT2D eigenvalue weighted by Crippen LogP contribution is 2.53. The summed E-state index contributed by atoms with van der Waals surface area (Å²) in [4.78, 5) is 23.9. The number of amides is 1. The minimum Gasteiger partial charge on any atom is -0.507 e. The highest BCUT2D eigenvalue weighted by molar-refractivity contribution is 5.96. The lowest BCUT2D eigenvalue weighted by molar-refractivity contribution is -0.924. The standard InChI is InChI=1S/C21H28N2O4/c1-23(2,11-12-3-4-12)17-9-13-5-6-15(20(22)26)19(25)18(13)16-10-14(24)7-8-21(16,17)27/h5-6,12,16-17,27H,3-4,7-11H2,1-2H3,(H2-,22,25,26)/p+1/t16?,17-,21+/m1/s1. The maximum atomic E-state index is 12.3. The molecule has 146 valence electrons. The Kier molecular flexibility index (Phi) is 4.13. The molecule has 1 aromatic rings. The van der Waals surface area contributed by atoms with Gasteiger partial charge in [0.05, 0.1) is 26.2 Å². The zero-order valence-corrected chi connectivity index (χ0v) is 16.1. The lowest BCUT2D eigenvalue weighted by Gasteiger charge is -2.54. The van der Waals surface area contributed by atoms with Crippen LogP contribution in [0, 0.1) is 5.92 Å². The molecule has 27 heavy (non-hydrogen) atoms. The highest BCUT2D eigenvalue weighted by Gasteiger charge is 2.58. The summed E-state index contributed by atoms with van der Waals surface area (Å²) < 4.78 is 0.698. The zero-order chi connectivity index (χ0) is 19.6. The number of benzene rings is 1. The molecule has 2 fully saturated rings. The van der Waals surface area contributed by atoms with Gasteiger partial charge in [-0.3, -0.25) is 9.59 Å². The molecule has 1 unspecified atom stereocenters. The predicted octanol–water partition coefficient (Wildman–Crippen LogP) is 1.47. The third-order valence-electron chi connectivity index (χ3n) is 7.02. The van der Waals surface area contributed by atoms with Crippen LogP contribution in [0.15, 0.2) is 12.1 Å². The van der Waals surface area contributed by atoms with Gasteiger partial charge in [-0.1, -0.05) is 6.07 Å². The summed E-state index contributed by atoms with van der Waals surface area (Å²) >= 11 is 0. The van der Waals surface area contributed by atoms with Crippen LogP contribution in [0.2, 0.25) is 0 Å². The molecule has 3 atom stereocenters. The van der Waals surface area contributed by atoms with E-state index < -0.39 is 17.4 Å². The average molecular weight is 373 g/mol. The first-order chi connectivity index (χ1) is 12.6. The molecule has 1 aromatic carbocycles. The Balaban J connectivity index is 1.84. The number of Topliss-reactive ketones (excluding diaryl/α,β-unsaturated/α-hetero) is 1. The van der Waals surface area contributed by atoms with Crippen LogP contribution in [0.25, 0.3) is 0 Å². The second-order valence-electron chi connectivity index (χ2n) is 9.31. The number of nitrogens with zero attached hydrogens (tertiary/aromatic N) is 1. The molecule has 4 N–H and O–H groups in total. The lowest BCUT2D eigenvalue weighted by atomic mass is 9.61. The Bertz CT molecular complexity index is 815. The molecule has 6 heteroatoms. The van der Waals surface area contributed by atoms with Crippen molar-refractivity contribution in [2.45, 2.75) is 56.1 Å². The van der Waals surface area contributed by atoms with Gasteiger partial charge in [0.2, 0.25) is 0 Å². The van der Waals surface area contributed by atoms with Crippen molar-refractivity contribution >= 4 is 11.7 Å². The van der Waals surface area contributed by atoms with Gasteiger partial charge in [-0.05, 0) is 30.9 Å². The van der Waals surface area contributed by atoms with Gasteiger partial charge in [0.1, 0.15) is 23.2 Å². The number of hydrogen-bond acceptors (Lipinski definition) is 4. The summed E-state index contributed by atoms with van der Waals surface area (Å²) in [7, 11) is 4.33. The van der Waals surface area contributed by atoms with E-state index in [1.54, 1.807) is 6.07 Å². The van der Waals surface area contributed by atoms with Gasteiger partial charge in [-0.25, -0.2) is 0 Å². The number of aliphatic hydroxyl groups is 1. The molecular formula is C21H29N2O4+. The Morgan fingerprint density at radius 3 is 2.63 bits per heavy atom. The SMILES string of the molecule is C[N+](C)(CC1CC1)[C@@H]1Cc2ccc(C(N)=O)c(O)c2C2CC(=O)CC[C@]21O. The molecule has 0 bridgehead atoms. The van der Waals surface area contributed by atoms with Crippen LogP contribution in [-0.4, -0.2) is 58.7 Å². The van der Waals surface area contributed by atoms with Crippen LogP contribution in [0.4, 0.5) is 0 Å². The number of primary amides is 1. The van der Waals surface area contributed by atoms with Gasteiger partial charge in [-0.15, -0.1) is 0 Å². The van der Waals surface area contributed by atoms with Crippen molar-refractivity contribution in [3.8, 4) is 5.75 Å². The molecule has 2 saturated carbocycles. The molecule has 1 amide bonds. The van der Waals surface area contributed by atoms with Crippen LogP contribution in [0.1, 0.15) is 59.5 Å². The molecule has 0 saturated heterocycles. The topological polar surface area (TPSA) is 101 Å². The van der Waals surface area contributed by atoms with Crippen LogP contribution < -0.4 is 5.73 Å². The maximum Gasteiger partial charge on any atom is 0.252 e. The van der Waals surface area contributed by atoms with Crippen LogP contribution >= 0.6 is 0 Å². The average Bonchev–Trinajstić information content (AvgIpc) is 3.38. The van der Waals surface area contributed by atoms with E-state index in [0.717, 1.165) is 12.1 Å². The number of phenols is 1. The first-order valence-corrected chi connectivity index (χ1v) is 9.85. The van der Waals surface area contributed by atoms with E-state index in [1.165, 1.54) is 12.8 Å². The molecule has 3 aliphatic carbocycles. The first kappa shape index (κ1) is 18.4. The second-order valence-corrected chi connectivity index (χ2v) is 9.31. The van der Waals surface area contributed by atoms with Crippen molar-refractivity contribution in [3.63, 3.8) is 0 Å². The quantitative estimate of drug-likeness (QED) is 0.696. The molecule has 0 aliphatic heterocycles. The lowest BCUT2D eigenvalue weighted by Crippen LogP contribution is -2.67. The van der Waals surface area contributed by atoms with Gasteiger partial charge < -0.3 is 20.4 Å². The smallest absolute Gasteiger partial charge is 0.252 e. The minimum absolute atomic E-state index is 0.0532. The summed E-state index contributed by atoms with van der Waals surface area (Å²) in [5, 5.41) is 22.6. The maximum absolute atomic E-state index is 12.3. The third kappa shape index (κ3) is 2.95. The molecular weight excluding hydrogens is 344 g/mol. The fourth-order valence-electron chi connectivity index (χ4n) is 5.52. The van der Waals surface area contributed by atoms with Gasteiger partial charge in [-0.2, -0.15) is 0 Å². The first-order valence-electron chi connectivity index (χ1n) is 9.85. The number of likely N-dealkylation sites (N-methyl/N-ethyl adjacent to an activating group) is 1. The zero-order valence-electron chi connectivity index (χ0n) is 16.1. The summed E-state index contributed by atoms with van der Waals surface area (Å²) in [5.41, 5.74) is 5.84. The van der Waals surface area contributed by atoms with E-state index in [9.17, 15) is 19.8 Å². The van der Waals surface area contributed by atoms with Crippen molar-refractivity contribution < 1.29 is 24.3 Å². The molecule has 6 nitrogen and oxygen atoms in total. The van der Waals surface area contributed by atoms with E-state index >= 15 is 0 Å². The summed E-state index contributed by atoms with van der Waals surface area (Å²) in [6.07, 6.45) is 4.05. The molecule has 3 aliphatic rings. The minimum atomic E-state index is -1.08. The molecule has 0 spiro atoms. The van der Waals surface area contributed by atoms with Crippen LogP contribution in [0.5, 0.6) is 5.75 Å². The van der Waals surface area contributed by atoms with E-state index in [0.29, 0.717) is 35.2 Å². The van der Waals surface area contributed by atoms with Crippen molar-refractivity contribution in [2.24, 2.45) is 11.7 Å². The fourth-order valence-corrected chi connectivity index (χ4v) is 5.52. The number of rotatable bonds is 4. The number of nitrogens with two attached hydrogens (primary N) is 1. The van der Waals surface area contributed by atoms with Gasteiger partial charge in [0, 0.05) is 36.7 Å². The number of aromatic hydroxyl groups is 1. The Morgan fingerprint density at radius 2 is 2.00 bits per heavy atom. The number of carbonyl (C=O) groups excluding carboxylic acids is 2. The molecule has 0 aromatic heterocycles. The van der Waals surface area contributed by atoms with Gasteiger partial charge in [0.15, 0.2) is 0 Å². The Hall–Kier alpha value is -1.92. The molecule has 0 radical (unpaired) electrons. The second kappa shape index (κ2) is 6.04. The summed E-state index contributed by atoms with van der Waals surface area (Å²) in [5.74, 6) is -0.563. The third-order valence-corrected chi connectivity index (χ3v) is 7.02. The van der Waals surface area contributed by atoms with Crippen LogP contribution in [-0.2, 0) is 11.2 Å². The number of quaternary nitrogens is 1. The van der Waals surface area contributed by atoms with Crippen molar-refractivity contribution in [1.82, 2.24) is 0 Å². The van der Waals surface area contributed by atoms with Gasteiger partial charge in [0.25, 0.3) is 5.91 Å².